The van der Waals surface area contributed by atoms with Crippen molar-refractivity contribution in [1.82, 2.24) is 20.0 Å². The fourth-order valence-electron chi connectivity index (χ4n) is 4.93. The fraction of sp³-hybridized carbons (Fsp3) is 0.471. The third kappa shape index (κ3) is 2.18. The van der Waals surface area contributed by atoms with Gasteiger partial charge in [0, 0.05) is 24.9 Å². The summed E-state index contributed by atoms with van der Waals surface area (Å²) in [5.41, 5.74) is -1.31. The molecule has 2 aromatic rings. The number of rotatable bonds is 1. The number of carbonyl (C=O) groups is 2. The Hall–Kier alpha value is -2.78. The molecule has 7 nitrogen and oxygen atoms in total. The Bertz CT molecular complexity index is 955. The Kier molecular flexibility index (Phi) is 3.12. The van der Waals surface area contributed by atoms with Crippen LogP contribution in [0.5, 0.6) is 0 Å². The number of carbonyl (C=O) groups excluding carboxylic acids is 2. The molecule has 4 heterocycles. The molecule has 3 fully saturated rings. The minimum absolute atomic E-state index is 0.157. The van der Waals surface area contributed by atoms with Gasteiger partial charge in [0.1, 0.15) is 17.7 Å². The van der Waals surface area contributed by atoms with Crippen LogP contribution in [0.4, 0.5) is 23.8 Å². The zero-order chi connectivity index (χ0) is 19.0. The number of imidazole rings is 1. The van der Waals surface area contributed by atoms with Gasteiger partial charge < -0.3 is 10.2 Å². The summed E-state index contributed by atoms with van der Waals surface area (Å²) in [6.45, 7) is 0.775. The van der Waals surface area contributed by atoms with Crippen LogP contribution in [0.3, 0.4) is 0 Å². The Morgan fingerprint density at radius 1 is 1.15 bits per heavy atom. The lowest BCUT2D eigenvalue weighted by molar-refractivity contribution is -0.137. The molecule has 2 N–H and O–H groups in total. The molecule has 2 aliphatic heterocycles. The first kappa shape index (κ1) is 16.4. The number of anilines is 1. The number of nitrogens with one attached hydrogen (secondary N) is 2. The Balaban J connectivity index is 1.56. The van der Waals surface area contributed by atoms with Gasteiger partial charge in [-0.05, 0) is 25.0 Å². The number of amides is 3. The van der Waals surface area contributed by atoms with Crippen molar-refractivity contribution in [1.29, 1.82) is 0 Å². The van der Waals surface area contributed by atoms with Crippen LogP contribution >= 0.6 is 0 Å². The van der Waals surface area contributed by atoms with Crippen LogP contribution in [-0.2, 0) is 11.0 Å². The zero-order valence-corrected chi connectivity index (χ0v) is 14.1. The van der Waals surface area contributed by atoms with Gasteiger partial charge in [0.25, 0.3) is 5.91 Å². The van der Waals surface area contributed by atoms with Crippen molar-refractivity contribution in [3.8, 4) is 0 Å². The molecule has 27 heavy (non-hydrogen) atoms. The monoisotopic (exact) mass is 379 g/mol. The van der Waals surface area contributed by atoms with Crippen LogP contribution in [0.2, 0.25) is 0 Å². The fourth-order valence-corrected chi connectivity index (χ4v) is 4.93. The van der Waals surface area contributed by atoms with E-state index in [4.69, 9.17) is 0 Å². The Morgan fingerprint density at radius 3 is 2.44 bits per heavy atom. The number of fused-ring (bicyclic) bond motifs is 1. The molecule has 5 rings (SSSR count). The van der Waals surface area contributed by atoms with E-state index in [9.17, 15) is 22.8 Å². The van der Waals surface area contributed by atoms with Gasteiger partial charge in [-0.15, -0.1) is 0 Å². The van der Waals surface area contributed by atoms with Crippen molar-refractivity contribution in [3.63, 3.8) is 0 Å². The number of aromatic nitrogens is 2. The standard InChI is InChI=1S/C17H16F3N5O2/c18-17(19,20)11-3-12-5-21-8-25(12)13(4-11)24-6-9-1-2-10(7-24)16(9)14(26)22-15(27)23-16/h3-5,8-10H,1-2,6-7H2,(H2,22,23,26,27). The van der Waals surface area contributed by atoms with Crippen LogP contribution in [0.25, 0.3) is 5.52 Å². The van der Waals surface area contributed by atoms with Gasteiger partial charge in [-0.1, -0.05) is 0 Å². The molecule has 142 valence electrons. The predicted octanol–water partition coefficient (Wildman–Crippen LogP) is 1.78. The topological polar surface area (TPSA) is 78.7 Å². The average Bonchev–Trinajstić information content (AvgIpc) is 3.21. The number of halogens is 3. The molecule has 3 aliphatic rings. The summed E-state index contributed by atoms with van der Waals surface area (Å²) in [6, 6.07) is 1.70. The Labute approximate surface area is 151 Å². The molecular formula is C17H16F3N5O2. The number of hydrogen-bond donors (Lipinski definition) is 2. The van der Waals surface area contributed by atoms with E-state index in [0.717, 1.165) is 25.0 Å². The maximum Gasteiger partial charge on any atom is 0.416 e. The largest absolute Gasteiger partial charge is 0.416 e. The first-order valence-corrected chi connectivity index (χ1v) is 8.71. The highest BCUT2D eigenvalue weighted by Gasteiger charge is 2.62. The highest BCUT2D eigenvalue weighted by molar-refractivity contribution is 6.08. The first-order valence-electron chi connectivity index (χ1n) is 8.71. The highest BCUT2D eigenvalue weighted by Crippen LogP contribution is 2.48. The van der Waals surface area contributed by atoms with Crippen molar-refractivity contribution in [2.24, 2.45) is 11.8 Å². The van der Waals surface area contributed by atoms with Crippen LogP contribution in [0.1, 0.15) is 18.4 Å². The van der Waals surface area contributed by atoms with E-state index in [2.05, 4.69) is 15.6 Å². The lowest BCUT2D eigenvalue weighted by Crippen LogP contribution is -2.63. The van der Waals surface area contributed by atoms with E-state index in [1.165, 1.54) is 12.5 Å². The Morgan fingerprint density at radius 2 is 1.85 bits per heavy atom. The molecule has 0 aromatic carbocycles. The minimum Gasteiger partial charge on any atom is -0.357 e. The smallest absolute Gasteiger partial charge is 0.357 e. The van der Waals surface area contributed by atoms with Crippen molar-refractivity contribution in [2.75, 3.05) is 18.0 Å². The summed E-state index contributed by atoms with van der Waals surface area (Å²) < 4.78 is 41.6. The van der Waals surface area contributed by atoms with E-state index in [0.29, 0.717) is 24.4 Å². The summed E-state index contributed by atoms with van der Waals surface area (Å²) in [7, 11) is 0. The second kappa shape index (κ2) is 5.14. The first-order chi connectivity index (χ1) is 12.8. The van der Waals surface area contributed by atoms with Gasteiger partial charge in [-0.3, -0.25) is 14.5 Å². The van der Waals surface area contributed by atoms with E-state index >= 15 is 0 Å². The predicted molar refractivity (Wildman–Crippen MR) is 88.0 cm³/mol. The van der Waals surface area contributed by atoms with Gasteiger partial charge in [0.05, 0.1) is 17.3 Å². The summed E-state index contributed by atoms with van der Waals surface area (Å²) in [5.74, 6) is -0.239. The van der Waals surface area contributed by atoms with E-state index in [-0.39, 0.29) is 17.7 Å². The normalized spacial score (nSPS) is 30.3. The summed E-state index contributed by atoms with van der Waals surface area (Å²) >= 11 is 0. The van der Waals surface area contributed by atoms with E-state index < -0.39 is 23.3 Å². The number of alkyl halides is 3. The number of imide groups is 1. The molecule has 2 aromatic heterocycles. The molecule has 2 saturated heterocycles. The van der Waals surface area contributed by atoms with Crippen LogP contribution in [0.15, 0.2) is 24.7 Å². The van der Waals surface area contributed by atoms with Crippen molar-refractivity contribution < 1.29 is 22.8 Å². The van der Waals surface area contributed by atoms with Crippen LogP contribution < -0.4 is 15.5 Å². The molecule has 1 spiro atoms. The number of pyridine rings is 1. The van der Waals surface area contributed by atoms with Gasteiger partial charge in [-0.25, -0.2) is 9.78 Å². The summed E-state index contributed by atoms with van der Waals surface area (Å²) in [4.78, 5) is 30.0. The second-order valence-electron chi connectivity index (χ2n) is 7.44. The molecule has 1 saturated carbocycles. The lowest BCUT2D eigenvalue weighted by Gasteiger charge is -2.44. The van der Waals surface area contributed by atoms with Crippen molar-refractivity contribution >= 4 is 23.3 Å². The second-order valence-corrected chi connectivity index (χ2v) is 7.44. The molecule has 3 amide bonds. The lowest BCUT2D eigenvalue weighted by atomic mass is 9.77. The number of piperidine rings is 1. The van der Waals surface area contributed by atoms with Gasteiger partial charge in [0.15, 0.2) is 0 Å². The van der Waals surface area contributed by atoms with E-state index in [1.807, 2.05) is 4.90 Å². The van der Waals surface area contributed by atoms with Gasteiger partial charge in [0.2, 0.25) is 0 Å². The van der Waals surface area contributed by atoms with Crippen molar-refractivity contribution in [3.05, 3.63) is 30.2 Å². The van der Waals surface area contributed by atoms with Crippen LogP contribution in [0, 0.1) is 11.8 Å². The average molecular weight is 379 g/mol. The number of hydrogen-bond acceptors (Lipinski definition) is 4. The van der Waals surface area contributed by atoms with Crippen LogP contribution in [-0.4, -0.2) is 40.0 Å². The molecular weight excluding hydrogens is 363 g/mol. The summed E-state index contributed by atoms with van der Waals surface area (Å²) in [5, 5.41) is 5.11. The quantitative estimate of drug-likeness (QED) is 0.741. The minimum atomic E-state index is -4.46. The van der Waals surface area contributed by atoms with Gasteiger partial charge in [-0.2, -0.15) is 13.2 Å². The molecule has 2 bridgehead atoms. The highest BCUT2D eigenvalue weighted by atomic mass is 19.4. The molecule has 10 heteroatoms. The van der Waals surface area contributed by atoms with Crippen molar-refractivity contribution in [2.45, 2.75) is 24.6 Å². The molecule has 0 radical (unpaired) electrons. The molecule has 1 aliphatic carbocycles. The van der Waals surface area contributed by atoms with Gasteiger partial charge >= 0.3 is 12.2 Å². The maximum atomic E-state index is 13.3. The SMILES string of the molecule is O=C1NC(=O)C2(N1)C1CCC2CN(c2cc(C(F)(F)F)cc3cncn23)C1. The third-order valence-electron chi connectivity index (χ3n) is 6.11. The zero-order valence-electron chi connectivity index (χ0n) is 14.1. The van der Waals surface area contributed by atoms with E-state index in [1.54, 1.807) is 4.40 Å². The molecule has 2 unspecified atom stereocenters. The summed E-state index contributed by atoms with van der Waals surface area (Å²) in [6.07, 6.45) is -0.109. The third-order valence-corrected chi connectivity index (χ3v) is 6.11. The maximum absolute atomic E-state index is 13.3. The molecule has 2 atom stereocenters. The number of urea groups is 1. The number of nitrogens with zero attached hydrogens (tertiary/aromatic N) is 3.